The fourth-order valence-corrected chi connectivity index (χ4v) is 3.64. The van der Waals surface area contributed by atoms with Crippen LogP contribution in [0.25, 0.3) is 10.2 Å². The Morgan fingerprint density at radius 2 is 2.11 bits per heavy atom. The van der Waals surface area contributed by atoms with Crippen LogP contribution >= 0.6 is 11.3 Å². The predicted molar refractivity (Wildman–Crippen MR) is 108 cm³/mol. The summed E-state index contributed by atoms with van der Waals surface area (Å²) in [6.45, 7) is 0.642. The van der Waals surface area contributed by atoms with E-state index in [4.69, 9.17) is 0 Å². The van der Waals surface area contributed by atoms with Gasteiger partial charge in [0.15, 0.2) is 0 Å². The van der Waals surface area contributed by atoms with Crippen molar-refractivity contribution in [3.63, 3.8) is 0 Å². The number of nitrogens with zero attached hydrogens (tertiary/aromatic N) is 2. The average Bonchev–Trinajstić information content (AvgIpc) is 3.44. The van der Waals surface area contributed by atoms with Crippen LogP contribution < -0.4 is 16.2 Å². The average molecular weight is 396 g/mol. The lowest BCUT2D eigenvalue weighted by molar-refractivity contribution is -0.121. The van der Waals surface area contributed by atoms with Crippen LogP contribution in [0.1, 0.15) is 24.8 Å². The summed E-state index contributed by atoms with van der Waals surface area (Å²) >= 11 is 1.42. The van der Waals surface area contributed by atoms with Gasteiger partial charge in [0, 0.05) is 31.1 Å². The quantitative estimate of drug-likeness (QED) is 0.642. The molecule has 2 N–H and O–H groups in total. The number of aryl methyl sites for hydroxylation is 1. The Balaban J connectivity index is 1.29. The Morgan fingerprint density at radius 3 is 2.93 bits per heavy atom. The number of amides is 2. The number of thiophene rings is 1. The van der Waals surface area contributed by atoms with Gasteiger partial charge in [-0.05, 0) is 42.0 Å². The minimum atomic E-state index is -0.148. The molecule has 144 valence electrons. The molecule has 4 rings (SSSR count). The smallest absolute Gasteiger partial charge is 0.262 e. The third kappa shape index (κ3) is 4.28. The molecule has 7 nitrogen and oxygen atoms in total. The molecular weight excluding hydrogens is 376 g/mol. The molecule has 28 heavy (non-hydrogen) atoms. The third-order valence-corrected chi connectivity index (χ3v) is 5.48. The van der Waals surface area contributed by atoms with Crippen molar-refractivity contribution >= 4 is 39.1 Å². The standard InChI is InChI=1S/C20H20N4O3S/c25-17(6-8-24-12-22-19-16(20(24)27)7-9-28-19)21-11-13-2-1-3-15(10-13)23-18(26)14-4-5-14/h1-3,7,9-10,12,14H,4-6,8,11H2,(H,21,25)(H,23,26). The van der Waals surface area contributed by atoms with E-state index in [2.05, 4.69) is 15.6 Å². The molecule has 1 fully saturated rings. The summed E-state index contributed by atoms with van der Waals surface area (Å²) in [5.74, 6) is 0.0575. The lowest BCUT2D eigenvalue weighted by Gasteiger charge is -2.09. The number of anilines is 1. The molecule has 8 heteroatoms. The van der Waals surface area contributed by atoms with Gasteiger partial charge >= 0.3 is 0 Å². The molecule has 0 saturated heterocycles. The highest BCUT2D eigenvalue weighted by molar-refractivity contribution is 7.16. The van der Waals surface area contributed by atoms with Gasteiger partial charge in [0.25, 0.3) is 5.56 Å². The second-order valence-electron chi connectivity index (χ2n) is 6.87. The van der Waals surface area contributed by atoms with Crippen LogP contribution in [0.2, 0.25) is 0 Å². The van der Waals surface area contributed by atoms with Crippen LogP contribution in [0.4, 0.5) is 5.69 Å². The highest BCUT2D eigenvalue weighted by Crippen LogP contribution is 2.30. The third-order valence-electron chi connectivity index (χ3n) is 4.66. The van der Waals surface area contributed by atoms with Gasteiger partial charge < -0.3 is 10.6 Å². The van der Waals surface area contributed by atoms with Crippen LogP contribution in [0, 0.1) is 5.92 Å². The molecule has 2 amide bonds. The maximum atomic E-state index is 12.3. The summed E-state index contributed by atoms with van der Waals surface area (Å²) < 4.78 is 1.46. The fraction of sp³-hybridized carbons (Fsp3) is 0.300. The van der Waals surface area contributed by atoms with E-state index >= 15 is 0 Å². The maximum Gasteiger partial charge on any atom is 0.262 e. The zero-order chi connectivity index (χ0) is 19.5. The van der Waals surface area contributed by atoms with Gasteiger partial charge in [0.05, 0.1) is 11.7 Å². The van der Waals surface area contributed by atoms with Crippen LogP contribution in [0.5, 0.6) is 0 Å². The number of hydrogen-bond acceptors (Lipinski definition) is 5. The molecule has 0 radical (unpaired) electrons. The van der Waals surface area contributed by atoms with Crippen LogP contribution in [-0.2, 0) is 22.7 Å². The molecule has 0 spiro atoms. The van der Waals surface area contributed by atoms with E-state index in [0.29, 0.717) is 16.8 Å². The number of carbonyl (C=O) groups excluding carboxylic acids is 2. The van der Waals surface area contributed by atoms with Crippen molar-refractivity contribution in [3.05, 3.63) is 58.0 Å². The van der Waals surface area contributed by atoms with Gasteiger partial charge in [0.1, 0.15) is 4.83 Å². The number of fused-ring (bicyclic) bond motifs is 1. The second-order valence-corrected chi connectivity index (χ2v) is 7.77. The van der Waals surface area contributed by atoms with Crippen molar-refractivity contribution in [2.75, 3.05) is 5.32 Å². The zero-order valence-electron chi connectivity index (χ0n) is 15.2. The number of carbonyl (C=O) groups is 2. The largest absolute Gasteiger partial charge is 0.352 e. The molecule has 1 aliphatic rings. The summed E-state index contributed by atoms with van der Waals surface area (Å²) in [5.41, 5.74) is 1.52. The van der Waals surface area contributed by atoms with Crippen LogP contribution in [0.15, 0.2) is 46.8 Å². The van der Waals surface area contributed by atoms with Gasteiger partial charge in [-0.1, -0.05) is 12.1 Å². The van der Waals surface area contributed by atoms with Crippen molar-refractivity contribution in [1.82, 2.24) is 14.9 Å². The molecule has 1 saturated carbocycles. The van der Waals surface area contributed by atoms with E-state index in [1.54, 1.807) is 6.07 Å². The van der Waals surface area contributed by atoms with Gasteiger partial charge in [-0.3, -0.25) is 19.0 Å². The summed E-state index contributed by atoms with van der Waals surface area (Å²) in [6.07, 6.45) is 3.59. The lowest BCUT2D eigenvalue weighted by atomic mass is 10.2. The monoisotopic (exact) mass is 396 g/mol. The predicted octanol–water partition coefficient (Wildman–Crippen LogP) is 2.51. The molecule has 2 heterocycles. The van der Waals surface area contributed by atoms with Gasteiger partial charge in [0.2, 0.25) is 11.8 Å². The molecule has 1 aromatic carbocycles. The van der Waals surface area contributed by atoms with Crippen molar-refractivity contribution in [3.8, 4) is 0 Å². The lowest BCUT2D eigenvalue weighted by Crippen LogP contribution is -2.27. The van der Waals surface area contributed by atoms with E-state index in [1.165, 1.54) is 22.2 Å². The Labute approximate surface area is 165 Å². The van der Waals surface area contributed by atoms with Crippen molar-refractivity contribution in [2.45, 2.75) is 32.4 Å². The first-order chi connectivity index (χ1) is 13.6. The molecule has 0 unspecified atom stereocenters. The van der Waals surface area contributed by atoms with E-state index in [0.717, 1.165) is 24.1 Å². The Kier molecular flexibility index (Phi) is 5.21. The molecule has 2 aromatic heterocycles. The Hall–Kier alpha value is -3.00. The molecule has 0 bridgehead atoms. The first-order valence-electron chi connectivity index (χ1n) is 9.19. The van der Waals surface area contributed by atoms with Crippen LogP contribution in [0.3, 0.4) is 0 Å². The molecule has 1 aliphatic carbocycles. The second kappa shape index (κ2) is 7.93. The van der Waals surface area contributed by atoms with Crippen molar-refractivity contribution in [2.24, 2.45) is 5.92 Å². The number of rotatable bonds is 7. The number of aromatic nitrogens is 2. The zero-order valence-corrected chi connectivity index (χ0v) is 16.0. The normalized spacial score (nSPS) is 13.4. The first-order valence-corrected chi connectivity index (χ1v) is 10.1. The SMILES string of the molecule is O=C(CCn1cnc2sccc2c1=O)NCc1cccc(NC(=O)C2CC2)c1. The van der Waals surface area contributed by atoms with Gasteiger partial charge in [-0.25, -0.2) is 4.98 Å². The minimum absolute atomic E-state index is 0.0582. The maximum absolute atomic E-state index is 12.3. The Bertz CT molecular complexity index is 1080. The Morgan fingerprint density at radius 1 is 1.25 bits per heavy atom. The first kappa shape index (κ1) is 18.4. The number of hydrogen-bond donors (Lipinski definition) is 2. The molecule has 0 atom stereocenters. The summed E-state index contributed by atoms with van der Waals surface area (Å²) in [7, 11) is 0. The molecule has 0 aliphatic heterocycles. The number of nitrogens with one attached hydrogen (secondary N) is 2. The minimum Gasteiger partial charge on any atom is -0.352 e. The summed E-state index contributed by atoms with van der Waals surface area (Å²) in [5, 5.41) is 8.16. The number of benzene rings is 1. The molecular formula is C20H20N4O3S. The highest BCUT2D eigenvalue weighted by Gasteiger charge is 2.29. The summed E-state index contributed by atoms with van der Waals surface area (Å²) in [6, 6.07) is 9.20. The van der Waals surface area contributed by atoms with Gasteiger partial charge in [-0.15, -0.1) is 11.3 Å². The van der Waals surface area contributed by atoms with Crippen molar-refractivity contribution in [1.29, 1.82) is 0 Å². The fourth-order valence-electron chi connectivity index (χ4n) is 2.91. The van der Waals surface area contributed by atoms with Crippen LogP contribution in [-0.4, -0.2) is 21.4 Å². The van der Waals surface area contributed by atoms with Crippen molar-refractivity contribution < 1.29 is 9.59 Å². The van der Waals surface area contributed by atoms with E-state index in [-0.39, 0.29) is 36.3 Å². The topological polar surface area (TPSA) is 93.1 Å². The summed E-state index contributed by atoms with van der Waals surface area (Å²) in [4.78, 5) is 41.3. The van der Waals surface area contributed by atoms with Gasteiger partial charge in [-0.2, -0.15) is 0 Å². The van der Waals surface area contributed by atoms with E-state index in [1.807, 2.05) is 29.6 Å². The van der Waals surface area contributed by atoms with E-state index < -0.39 is 0 Å². The van der Waals surface area contributed by atoms with E-state index in [9.17, 15) is 14.4 Å². The highest BCUT2D eigenvalue weighted by atomic mass is 32.1. The molecule has 3 aromatic rings.